The Bertz CT molecular complexity index is 487. The van der Waals surface area contributed by atoms with Crippen LogP contribution in [0.4, 0.5) is 0 Å². The topological polar surface area (TPSA) is 54.0 Å². The van der Waals surface area contributed by atoms with E-state index in [2.05, 4.69) is 48.5 Å². The highest BCUT2D eigenvalue weighted by Gasteiger charge is 2.44. The molecular weight excluding hydrogens is 362 g/mol. The number of rotatable bonds is 9. The zero-order valence-corrected chi connectivity index (χ0v) is 18.9. The van der Waals surface area contributed by atoms with Gasteiger partial charge in [0.1, 0.15) is 21.1 Å². The van der Waals surface area contributed by atoms with Gasteiger partial charge in [-0.05, 0) is 42.9 Å². The zero-order valence-electron chi connectivity index (χ0n) is 18.0. The van der Waals surface area contributed by atoms with Gasteiger partial charge in [-0.25, -0.2) is 0 Å². The van der Waals surface area contributed by atoms with E-state index in [9.17, 15) is 4.57 Å². The largest absolute Gasteiger partial charge is 0.697 e. The van der Waals surface area contributed by atoms with E-state index >= 15 is 0 Å². The van der Waals surface area contributed by atoms with Crippen molar-refractivity contribution in [1.82, 2.24) is 0 Å². The molecule has 0 aromatic carbocycles. The lowest BCUT2D eigenvalue weighted by Crippen LogP contribution is -2.28. The molecule has 0 N–H and O–H groups in total. The van der Waals surface area contributed by atoms with Crippen LogP contribution in [-0.2, 0) is 23.1 Å². The monoisotopic (exact) mass is 399 g/mol. The molecule has 2 aliphatic heterocycles. The van der Waals surface area contributed by atoms with Crippen LogP contribution in [0.2, 0.25) is 0 Å². The SMILES string of the molecule is [B][C@@H]1O[C@H](CO[P+](=O)OCC2[C@@H](CC(C)C)O[C@@H](C)[C@H]2C)C(C(C)C)[C@@H]1C. The third-order valence-electron chi connectivity index (χ3n) is 6.36. The molecule has 2 heterocycles. The first-order valence-electron chi connectivity index (χ1n) is 10.4. The number of hydrogen-bond donors (Lipinski definition) is 0. The molecule has 2 aliphatic rings. The summed E-state index contributed by atoms with van der Waals surface area (Å²) in [6, 6.07) is -0.292. The normalized spacial score (nSPS) is 40.3. The summed E-state index contributed by atoms with van der Waals surface area (Å²) in [6.45, 7) is 15.7. The maximum absolute atomic E-state index is 12.3. The minimum atomic E-state index is -2.18. The standard InChI is InChI=1S/C20H37BO5P/c1-11(2)8-17-16(13(5)15(7)25-17)9-23-27(22)24-10-18-19(12(3)4)14(6)20(21)26-18/h11-20H,8-10H2,1-7H3/q+1/t13-,14+,15+,16?,17-,18-,19?,20-/m1/s1. The van der Waals surface area contributed by atoms with E-state index in [1.807, 2.05) is 0 Å². The first kappa shape index (κ1) is 23.3. The van der Waals surface area contributed by atoms with Crippen LogP contribution in [0.3, 0.4) is 0 Å². The van der Waals surface area contributed by atoms with Gasteiger partial charge >= 0.3 is 8.25 Å². The fraction of sp³-hybridized carbons (Fsp3) is 1.00. The van der Waals surface area contributed by atoms with Crippen LogP contribution in [0.15, 0.2) is 0 Å². The van der Waals surface area contributed by atoms with Gasteiger partial charge in [-0.1, -0.05) is 41.5 Å². The molecule has 7 heteroatoms. The summed E-state index contributed by atoms with van der Waals surface area (Å²) in [4.78, 5) is 0. The van der Waals surface area contributed by atoms with Crippen molar-refractivity contribution in [1.29, 1.82) is 0 Å². The Morgan fingerprint density at radius 1 is 0.963 bits per heavy atom. The maximum atomic E-state index is 12.3. The molecule has 0 aliphatic carbocycles. The molecule has 2 saturated heterocycles. The van der Waals surface area contributed by atoms with Gasteiger partial charge in [0.2, 0.25) is 0 Å². The lowest BCUT2D eigenvalue weighted by Gasteiger charge is -2.23. The number of ether oxygens (including phenoxy) is 2. The third-order valence-corrected chi connectivity index (χ3v) is 7.08. The van der Waals surface area contributed by atoms with Gasteiger partial charge in [-0.15, -0.1) is 9.05 Å². The van der Waals surface area contributed by atoms with E-state index in [0.29, 0.717) is 30.3 Å². The van der Waals surface area contributed by atoms with Gasteiger partial charge in [-0.3, -0.25) is 0 Å². The summed E-state index contributed by atoms with van der Waals surface area (Å²) in [7, 11) is 3.85. The second-order valence-corrected chi connectivity index (χ2v) is 10.1. The van der Waals surface area contributed by atoms with Crippen LogP contribution in [0.25, 0.3) is 0 Å². The summed E-state index contributed by atoms with van der Waals surface area (Å²) in [5.41, 5.74) is 0. The van der Waals surface area contributed by atoms with Crippen molar-refractivity contribution in [3.8, 4) is 0 Å². The first-order chi connectivity index (χ1) is 12.6. The summed E-state index contributed by atoms with van der Waals surface area (Å²) in [6.07, 6.45) is 1.20. The Balaban J connectivity index is 1.81. The molecule has 2 rings (SSSR count). The fourth-order valence-electron chi connectivity index (χ4n) is 4.62. The molecule has 5 nitrogen and oxygen atoms in total. The number of hydrogen-bond acceptors (Lipinski definition) is 5. The van der Waals surface area contributed by atoms with Crippen molar-refractivity contribution in [2.24, 2.45) is 35.5 Å². The van der Waals surface area contributed by atoms with E-state index in [4.69, 9.17) is 26.4 Å². The molecular formula is C20H37BO5P+. The van der Waals surface area contributed by atoms with Gasteiger partial charge in [0.15, 0.2) is 0 Å². The van der Waals surface area contributed by atoms with E-state index in [0.717, 1.165) is 6.42 Å². The predicted molar refractivity (Wildman–Crippen MR) is 108 cm³/mol. The van der Waals surface area contributed by atoms with E-state index in [1.54, 1.807) is 0 Å². The Morgan fingerprint density at radius 3 is 2.19 bits per heavy atom. The second-order valence-electron chi connectivity index (χ2n) is 9.17. The van der Waals surface area contributed by atoms with Crippen molar-refractivity contribution in [3.63, 3.8) is 0 Å². The summed E-state index contributed by atoms with van der Waals surface area (Å²) in [5, 5.41) is 0. The molecule has 27 heavy (non-hydrogen) atoms. The summed E-state index contributed by atoms with van der Waals surface area (Å²) >= 11 is 0. The molecule has 9 atom stereocenters. The Kier molecular flexibility index (Phi) is 8.76. The fourth-order valence-corrected chi connectivity index (χ4v) is 5.26. The van der Waals surface area contributed by atoms with Crippen molar-refractivity contribution in [2.75, 3.05) is 13.2 Å². The van der Waals surface area contributed by atoms with E-state index < -0.39 is 8.25 Å². The van der Waals surface area contributed by atoms with Crippen LogP contribution in [0.1, 0.15) is 54.9 Å². The summed E-state index contributed by atoms with van der Waals surface area (Å²) in [5.74, 6) is 2.15. The summed E-state index contributed by atoms with van der Waals surface area (Å²) < 4.78 is 35.3. The third kappa shape index (κ3) is 5.99. The van der Waals surface area contributed by atoms with Crippen molar-refractivity contribution in [2.45, 2.75) is 79.2 Å². The van der Waals surface area contributed by atoms with Crippen LogP contribution in [0, 0.1) is 35.5 Å². The van der Waals surface area contributed by atoms with Crippen molar-refractivity contribution >= 4 is 16.1 Å². The molecule has 2 fully saturated rings. The van der Waals surface area contributed by atoms with Crippen LogP contribution >= 0.6 is 8.25 Å². The first-order valence-corrected chi connectivity index (χ1v) is 11.5. The molecule has 0 bridgehead atoms. The maximum Gasteiger partial charge on any atom is 0.697 e. The molecule has 0 amide bonds. The molecule has 0 aromatic rings. The van der Waals surface area contributed by atoms with Crippen molar-refractivity contribution in [3.05, 3.63) is 0 Å². The highest BCUT2D eigenvalue weighted by Crippen LogP contribution is 2.40. The average molecular weight is 399 g/mol. The minimum absolute atomic E-state index is 0.139. The Hall–Kier alpha value is 0.00494. The van der Waals surface area contributed by atoms with Gasteiger partial charge in [0, 0.05) is 16.5 Å². The lowest BCUT2D eigenvalue weighted by atomic mass is 9.76. The van der Waals surface area contributed by atoms with Crippen LogP contribution in [0.5, 0.6) is 0 Å². The highest BCUT2D eigenvalue weighted by molar-refractivity contribution is 7.33. The Morgan fingerprint density at radius 2 is 1.59 bits per heavy atom. The second kappa shape index (κ2) is 10.2. The minimum Gasteiger partial charge on any atom is -0.382 e. The van der Waals surface area contributed by atoms with E-state index in [-0.39, 0.29) is 42.8 Å². The average Bonchev–Trinajstić information content (AvgIpc) is 3.00. The molecule has 2 radical (unpaired) electrons. The predicted octanol–water partition coefficient (Wildman–Crippen LogP) is 4.56. The molecule has 0 saturated carbocycles. The molecule has 3 unspecified atom stereocenters. The quantitative estimate of drug-likeness (QED) is 0.420. The van der Waals surface area contributed by atoms with Gasteiger partial charge in [-0.2, -0.15) is 0 Å². The van der Waals surface area contributed by atoms with Crippen LogP contribution in [-0.4, -0.2) is 45.4 Å². The van der Waals surface area contributed by atoms with E-state index in [1.165, 1.54) is 0 Å². The van der Waals surface area contributed by atoms with Crippen molar-refractivity contribution < 1.29 is 23.1 Å². The van der Waals surface area contributed by atoms with Gasteiger partial charge in [0.05, 0.1) is 18.3 Å². The molecule has 154 valence electrons. The van der Waals surface area contributed by atoms with Crippen LogP contribution < -0.4 is 0 Å². The smallest absolute Gasteiger partial charge is 0.382 e. The Labute approximate surface area is 167 Å². The molecule has 0 aromatic heterocycles. The zero-order chi connectivity index (χ0) is 20.3. The van der Waals surface area contributed by atoms with Gasteiger partial charge < -0.3 is 9.47 Å². The highest BCUT2D eigenvalue weighted by atomic mass is 31.1. The lowest BCUT2D eigenvalue weighted by molar-refractivity contribution is 0.0156. The van der Waals surface area contributed by atoms with Gasteiger partial charge in [0.25, 0.3) is 0 Å². The molecule has 0 spiro atoms.